The lowest BCUT2D eigenvalue weighted by Gasteiger charge is -2.09. The van der Waals surface area contributed by atoms with Crippen molar-refractivity contribution in [2.45, 2.75) is 0 Å². The summed E-state index contributed by atoms with van der Waals surface area (Å²) in [4.78, 5) is 11.0. The van der Waals surface area contributed by atoms with Gasteiger partial charge in [-0.1, -0.05) is 11.6 Å². The van der Waals surface area contributed by atoms with Crippen LogP contribution in [0.2, 0.25) is 5.02 Å². The molecule has 3 nitrogen and oxygen atoms in total. The lowest BCUT2D eigenvalue weighted by atomic mass is 10.2. The molecule has 1 aromatic rings. The standard InChI is InChI=1S/C8H7Cl2NO2S/c1-14(13)11-7-3-2-5(9)4-6(7)8(10)12/h2-4,11H,1H3. The second-order valence-corrected chi connectivity index (χ2v) is 4.41. The minimum atomic E-state index is -1.25. The van der Waals surface area contributed by atoms with E-state index in [0.717, 1.165) is 0 Å². The van der Waals surface area contributed by atoms with Crippen LogP contribution in [0.15, 0.2) is 18.2 Å². The lowest BCUT2D eigenvalue weighted by Crippen LogP contribution is -2.12. The van der Waals surface area contributed by atoms with Crippen LogP contribution in [-0.4, -0.2) is 16.1 Å². The maximum Gasteiger partial charge on any atom is 0.254 e. The fraction of sp³-hybridized carbons (Fsp3) is 0.125. The van der Waals surface area contributed by atoms with Gasteiger partial charge in [-0.25, -0.2) is 4.72 Å². The molecule has 1 rings (SSSR count). The number of carbonyl (C=O) groups is 1. The highest BCUT2D eigenvalue weighted by Crippen LogP contribution is 2.22. The van der Waals surface area contributed by atoms with Crippen LogP contribution >= 0.6 is 23.2 Å². The minimum Gasteiger partial charge on any atom is -0.593 e. The summed E-state index contributed by atoms with van der Waals surface area (Å²) in [6.45, 7) is 0. The van der Waals surface area contributed by atoms with E-state index in [-0.39, 0.29) is 5.56 Å². The molecule has 0 aliphatic carbocycles. The van der Waals surface area contributed by atoms with E-state index in [2.05, 4.69) is 4.72 Å². The number of halogens is 2. The van der Waals surface area contributed by atoms with Crippen LogP contribution in [0.4, 0.5) is 5.69 Å². The van der Waals surface area contributed by atoms with Gasteiger partial charge in [-0.05, 0) is 29.8 Å². The number of nitrogens with one attached hydrogen (secondary N) is 1. The first-order valence-corrected chi connectivity index (χ1v) is 5.91. The first kappa shape index (κ1) is 11.7. The zero-order valence-electron chi connectivity index (χ0n) is 7.21. The Morgan fingerprint density at radius 3 is 2.71 bits per heavy atom. The van der Waals surface area contributed by atoms with Crippen LogP contribution in [0.1, 0.15) is 10.4 Å². The molecule has 1 unspecified atom stereocenters. The van der Waals surface area contributed by atoms with Crippen molar-refractivity contribution in [1.29, 1.82) is 0 Å². The number of hydrogen-bond acceptors (Lipinski definition) is 3. The summed E-state index contributed by atoms with van der Waals surface area (Å²) in [5.41, 5.74) is 0.629. The smallest absolute Gasteiger partial charge is 0.254 e. The summed E-state index contributed by atoms with van der Waals surface area (Å²) in [6.07, 6.45) is 1.46. The zero-order valence-corrected chi connectivity index (χ0v) is 9.54. The van der Waals surface area contributed by atoms with Crippen molar-refractivity contribution in [3.8, 4) is 0 Å². The summed E-state index contributed by atoms with van der Waals surface area (Å²) >= 11 is 9.76. The highest BCUT2D eigenvalue weighted by Gasteiger charge is 2.12. The molecule has 1 atom stereocenters. The predicted molar refractivity (Wildman–Crippen MR) is 59.3 cm³/mol. The molecule has 14 heavy (non-hydrogen) atoms. The molecule has 0 fully saturated rings. The normalized spacial score (nSPS) is 12.3. The average Bonchev–Trinajstić information content (AvgIpc) is 2.07. The quantitative estimate of drug-likeness (QED) is 0.663. The molecule has 0 saturated heterocycles. The topological polar surface area (TPSA) is 52.2 Å². The van der Waals surface area contributed by atoms with E-state index in [1.165, 1.54) is 12.3 Å². The Morgan fingerprint density at radius 2 is 2.21 bits per heavy atom. The Labute approximate surface area is 94.7 Å². The molecular formula is C8H7Cl2NO2S. The molecule has 0 aliphatic heterocycles. The Kier molecular flexibility index (Phi) is 4.07. The summed E-state index contributed by atoms with van der Waals surface area (Å²) in [5.74, 6) is 0. The van der Waals surface area contributed by atoms with Gasteiger partial charge < -0.3 is 4.55 Å². The molecule has 76 valence electrons. The van der Waals surface area contributed by atoms with Gasteiger partial charge in [0.25, 0.3) is 5.24 Å². The van der Waals surface area contributed by atoms with E-state index in [0.29, 0.717) is 10.7 Å². The third-order valence-electron chi connectivity index (χ3n) is 1.45. The number of carbonyl (C=O) groups excluding carboxylic acids is 1. The Morgan fingerprint density at radius 1 is 1.57 bits per heavy atom. The molecule has 1 aromatic carbocycles. The van der Waals surface area contributed by atoms with E-state index < -0.39 is 16.6 Å². The van der Waals surface area contributed by atoms with Crippen LogP contribution in [0.3, 0.4) is 0 Å². The summed E-state index contributed by atoms with van der Waals surface area (Å²) in [7, 11) is 0. The van der Waals surface area contributed by atoms with E-state index in [1.54, 1.807) is 12.1 Å². The van der Waals surface area contributed by atoms with Gasteiger partial charge in [0.1, 0.15) is 6.26 Å². The zero-order chi connectivity index (χ0) is 10.7. The van der Waals surface area contributed by atoms with E-state index in [1.807, 2.05) is 0 Å². The first-order chi connectivity index (χ1) is 6.50. The van der Waals surface area contributed by atoms with Crippen molar-refractivity contribution in [1.82, 2.24) is 0 Å². The van der Waals surface area contributed by atoms with Crippen molar-refractivity contribution in [2.75, 3.05) is 11.0 Å². The molecule has 0 spiro atoms. The van der Waals surface area contributed by atoms with Crippen LogP contribution in [0.25, 0.3) is 0 Å². The fourth-order valence-electron chi connectivity index (χ4n) is 0.923. The van der Waals surface area contributed by atoms with Gasteiger partial charge in [-0.15, -0.1) is 0 Å². The van der Waals surface area contributed by atoms with Crippen LogP contribution in [0, 0.1) is 0 Å². The van der Waals surface area contributed by atoms with Crippen LogP contribution < -0.4 is 4.72 Å². The second-order valence-electron chi connectivity index (χ2n) is 2.52. The molecule has 0 bridgehead atoms. The Bertz CT molecular complexity index is 357. The third kappa shape index (κ3) is 3.06. The van der Waals surface area contributed by atoms with Crippen molar-refractivity contribution >= 4 is 45.5 Å². The largest absolute Gasteiger partial charge is 0.593 e. The second kappa shape index (κ2) is 4.89. The van der Waals surface area contributed by atoms with Crippen molar-refractivity contribution in [2.24, 2.45) is 0 Å². The predicted octanol–water partition coefficient (Wildman–Crippen LogP) is 2.42. The molecular weight excluding hydrogens is 245 g/mol. The van der Waals surface area contributed by atoms with E-state index in [9.17, 15) is 9.35 Å². The molecule has 0 radical (unpaired) electrons. The highest BCUT2D eigenvalue weighted by molar-refractivity contribution is 7.92. The molecule has 6 heteroatoms. The first-order valence-electron chi connectivity index (χ1n) is 3.60. The molecule has 0 saturated carbocycles. The monoisotopic (exact) mass is 251 g/mol. The van der Waals surface area contributed by atoms with Crippen LogP contribution in [-0.2, 0) is 11.4 Å². The number of benzene rings is 1. The van der Waals surface area contributed by atoms with Crippen molar-refractivity contribution in [3.63, 3.8) is 0 Å². The van der Waals surface area contributed by atoms with Gasteiger partial charge >= 0.3 is 0 Å². The number of rotatable bonds is 3. The van der Waals surface area contributed by atoms with E-state index in [4.69, 9.17) is 23.2 Å². The molecule has 0 aliphatic rings. The third-order valence-corrected chi connectivity index (χ3v) is 2.39. The Hall–Kier alpha value is -0.420. The lowest BCUT2D eigenvalue weighted by molar-refractivity contribution is 0.108. The van der Waals surface area contributed by atoms with Gasteiger partial charge in [0.15, 0.2) is 0 Å². The van der Waals surface area contributed by atoms with Gasteiger partial charge in [0.2, 0.25) is 0 Å². The highest BCUT2D eigenvalue weighted by atomic mass is 35.5. The Balaban J connectivity index is 3.08. The van der Waals surface area contributed by atoms with Gasteiger partial charge in [-0.2, -0.15) is 0 Å². The molecule has 1 N–H and O–H groups in total. The summed E-state index contributed by atoms with van der Waals surface area (Å²) in [5, 5.41) is -0.234. The summed E-state index contributed by atoms with van der Waals surface area (Å²) < 4.78 is 13.5. The minimum absolute atomic E-state index is 0.217. The fourth-order valence-corrected chi connectivity index (χ4v) is 1.74. The van der Waals surface area contributed by atoms with Crippen molar-refractivity contribution in [3.05, 3.63) is 28.8 Å². The van der Waals surface area contributed by atoms with E-state index >= 15 is 0 Å². The molecule has 0 aromatic heterocycles. The van der Waals surface area contributed by atoms with Crippen LogP contribution in [0.5, 0.6) is 0 Å². The average molecular weight is 252 g/mol. The molecule has 0 amide bonds. The van der Waals surface area contributed by atoms with Gasteiger partial charge in [-0.3, -0.25) is 4.79 Å². The number of anilines is 1. The SMILES string of the molecule is C[S+]([O-])Nc1ccc(Cl)cc1C(=O)Cl. The van der Waals surface area contributed by atoms with Gasteiger partial charge in [0.05, 0.1) is 22.6 Å². The number of hydrogen-bond donors (Lipinski definition) is 1. The molecule has 0 heterocycles. The summed E-state index contributed by atoms with van der Waals surface area (Å²) in [6, 6.07) is 4.56. The van der Waals surface area contributed by atoms with Gasteiger partial charge in [0, 0.05) is 5.02 Å². The maximum atomic E-state index is 11.0. The van der Waals surface area contributed by atoms with Crippen molar-refractivity contribution < 1.29 is 9.35 Å². The maximum absolute atomic E-state index is 11.0.